The van der Waals surface area contributed by atoms with Gasteiger partial charge in [-0.1, -0.05) is 17.3 Å². The molecule has 0 amide bonds. The Morgan fingerprint density at radius 1 is 1.33 bits per heavy atom. The van der Waals surface area contributed by atoms with Crippen molar-refractivity contribution >= 4 is 0 Å². The minimum Gasteiger partial charge on any atom is -0.339 e. The van der Waals surface area contributed by atoms with Gasteiger partial charge >= 0.3 is 0 Å². The Labute approximate surface area is 107 Å². The summed E-state index contributed by atoms with van der Waals surface area (Å²) in [6, 6.07) is 0. The second kappa shape index (κ2) is 3.92. The summed E-state index contributed by atoms with van der Waals surface area (Å²) in [5, 5.41) is 3.87. The van der Waals surface area contributed by atoms with E-state index >= 15 is 0 Å². The van der Waals surface area contributed by atoms with Crippen LogP contribution in [0.1, 0.15) is 30.5 Å². The minimum absolute atomic E-state index is 0.473. The highest BCUT2D eigenvalue weighted by Crippen LogP contribution is 2.44. The van der Waals surface area contributed by atoms with Crippen molar-refractivity contribution in [2.45, 2.75) is 25.7 Å². The summed E-state index contributed by atoms with van der Waals surface area (Å²) >= 11 is 0. The molecule has 0 aromatic carbocycles. The molecule has 3 atom stereocenters. The number of nitrogens with zero attached hydrogens (tertiary/aromatic N) is 3. The lowest BCUT2D eigenvalue weighted by Gasteiger charge is -2.39. The zero-order chi connectivity index (χ0) is 12.1. The fraction of sp³-hybridized carbons (Fsp3) is 0.714. The van der Waals surface area contributed by atoms with Crippen LogP contribution >= 0.6 is 0 Å². The molecule has 1 aromatic heterocycles. The first-order valence-electron chi connectivity index (χ1n) is 6.99. The van der Waals surface area contributed by atoms with Gasteiger partial charge in [0, 0.05) is 19.6 Å². The lowest BCUT2D eigenvalue weighted by Crippen LogP contribution is -2.47. The summed E-state index contributed by atoms with van der Waals surface area (Å²) in [5.41, 5.74) is 0. The first kappa shape index (κ1) is 10.7. The van der Waals surface area contributed by atoms with E-state index in [0.29, 0.717) is 5.92 Å². The lowest BCUT2D eigenvalue weighted by molar-refractivity contribution is 0.0986. The van der Waals surface area contributed by atoms with Crippen molar-refractivity contribution in [2.24, 2.45) is 17.8 Å². The van der Waals surface area contributed by atoms with Crippen LogP contribution in [0.25, 0.3) is 0 Å². The van der Waals surface area contributed by atoms with Crippen LogP contribution in [-0.2, 0) is 0 Å². The molecular weight excluding hydrogens is 226 g/mol. The number of hydrogen-bond donors (Lipinski definition) is 0. The minimum atomic E-state index is 0.473. The molecule has 18 heavy (non-hydrogen) atoms. The summed E-state index contributed by atoms with van der Waals surface area (Å²) in [6.45, 7) is 5.33. The Morgan fingerprint density at radius 3 is 2.83 bits per heavy atom. The number of fused-ring (bicyclic) bond motifs is 2. The number of rotatable bonds is 3. The van der Waals surface area contributed by atoms with Crippen molar-refractivity contribution in [2.75, 3.05) is 19.6 Å². The van der Waals surface area contributed by atoms with Gasteiger partial charge in [-0.15, -0.1) is 0 Å². The quantitative estimate of drug-likeness (QED) is 0.764. The third-order valence-corrected chi connectivity index (χ3v) is 4.76. The van der Waals surface area contributed by atoms with E-state index in [1.165, 1.54) is 19.4 Å². The van der Waals surface area contributed by atoms with E-state index < -0.39 is 0 Å². The summed E-state index contributed by atoms with van der Waals surface area (Å²) in [6.07, 6.45) is 7.67. The molecule has 96 valence electrons. The number of aryl methyl sites for hydroxylation is 1. The van der Waals surface area contributed by atoms with Crippen LogP contribution in [-0.4, -0.2) is 34.7 Å². The third kappa shape index (κ3) is 1.70. The number of likely N-dealkylation sites (tertiary alicyclic amines) is 1. The SMILES string of the molecule is Cc1noc(C2CN(CC3CC4C=CC3C4)C2)n1. The standard InChI is InChI=1S/C14H19N3O/c1-9-15-14(18-16-9)13-7-17(8-13)6-12-5-10-2-3-11(12)4-10/h2-3,10-13H,4-8H2,1H3. The summed E-state index contributed by atoms with van der Waals surface area (Å²) < 4.78 is 5.24. The molecule has 1 saturated heterocycles. The first-order valence-corrected chi connectivity index (χ1v) is 6.99. The topological polar surface area (TPSA) is 42.2 Å². The summed E-state index contributed by atoms with van der Waals surface area (Å²) in [4.78, 5) is 6.87. The number of allylic oxidation sites excluding steroid dienone is 2. The van der Waals surface area contributed by atoms with Gasteiger partial charge < -0.3 is 9.42 Å². The van der Waals surface area contributed by atoms with Gasteiger partial charge in [0.05, 0.1) is 5.92 Å². The van der Waals surface area contributed by atoms with E-state index in [2.05, 4.69) is 27.2 Å². The van der Waals surface area contributed by atoms with Crippen LogP contribution < -0.4 is 0 Å². The maximum absolute atomic E-state index is 5.24. The molecule has 1 saturated carbocycles. The second-order valence-corrected chi connectivity index (χ2v) is 6.14. The van der Waals surface area contributed by atoms with E-state index in [4.69, 9.17) is 4.52 Å². The van der Waals surface area contributed by atoms with Gasteiger partial charge in [0.2, 0.25) is 5.89 Å². The van der Waals surface area contributed by atoms with Gasteiger partial charge in [-0.05, 0) is 37.5 Å². The highest BCUT2D eigenvalue weighted by molar-refractivity contribution is 5.11. The smallest absolute Gasteiger partial charge is 0.232 e. The maximum Gasteiger partial charge on any atom is 0.232 e. The van der Waals surface area contributed by atoms with Crippen molar-refractivity contribution in [3.8, 4) is 0 Å². The van der Waals surface area contributed by atoms with Gasteiger partial charge in [-0.2, -0.15) is 4.98 Å². The molecule has 2 bridgehead atoms. The molecular formula is C14H19N3O. The number of hydrogen-bond acceptors (Lipinski definition) is 4. The zero-order valence-electron chi connectivity index (χ0n) is 10.7. The van der Waals surface area contributed by atoms with Crippen LogP contribution in [0.5, 0.6) is 0 Å². The van der Waals surface area contributed by atoms with E-state index in [1.54, 1.807) is 0 Å². The van der Waals surface area contributed by atoms with Crippen molar-refractivity contribution in [1.29, 1.82) is 0 Å². The highest BCUT2D eigenvalue weighted by atomic mass is 16.5. The Balaban J connectivity index is 1.31. The molecule has 1 aliphatic heterocycles. The largest absolute Gasteiger partial charge is 0.339 e. The molecule has 0 spiro atoms. The summed E-state index contributed by atoms with van der Waals surface area (Å²) in [5.74, 6) is 4.69. The fourth-order valence-corrected chi connectivity index (χ4v) is 3.79. The maximum atomic E-state index is 5.24. The zero-order valence-corrected chi connectivity index (χ0v) is 10.7. The van der Waals surface area contributed by atoms with E-state index in [9.17, 15) is 0 Å². The van der Waals surface area contributed by atoms with Gasteiger partial charge in [0.25, 0.3) is 0 Å². The Kier molecular flexibility index (Phi) is 2.34. The molecule has 1 aromatic rings. The molecule has 4 rings (SSSR count). The van der Waals surface area contributed by atoms with Gasteiger partial charge in [-0.25, -0.2) is 0 Å². The molecule has 0 radical (unpaired) electrons. The van der Waals surface area contributed by atoms with Crippen LogP contribution in [0.15, 0.2) is 16.7 Å². The molecule has 2 fully saturated rings. The molecule has 3 aliphatic rings. The van der Waals surface area contributed by atoms with Crippen LogP contribution in [0.3, 0.4) is 0 Å². The normalized spacial score (nSPS) is 35.3. The molecule has 4 heteroatoms. The second-order valence-electron chi connectivity index (χ2n) is 6.14. The average molecular weight is 245 g/mol. The Morgan fingerprint density at radius 2 is 2.22 bits per heavy atom. The lowest BCUT2D eigenvalue weighted by atomic mass is 9.90. The molecule has 2 aliphatic carbocycles. The van der Waals surface area contributed by atoms with Crippen LogP contribution in [0.4, 0.5) is 0 Å². The molecule has 4 nitrogen and oxygen atoms in total. The van der Waals surface area contributed by atoms with Crippen molar-refractivity contribution in [3.05, 3.63) is 23.9 Å². The first-order chi connectivity index (χ1) is 8.78. The van der Waals surface area contributed by atoms with Crippen molar-refractivity contribution in [1.82, 2.24) is 15.0 Å². The van der Waals surface area contributed by atoms with E-state index in [-0.39, 0.29) is 0 Å². The van der Waals surface area contributed by atoms with Crippen LogP contribution in [0, 0.1) is 24.7 Å². The number of aromatic nitrogens is 2. The van der Waals surface area contributed by atoms with Crippen molar-refractivity contribution < 1.29 is 4.52 Å². The molecule has 2 heterocycles. The Bertz CT molecular complexity index is 475. The fourth-order valence-electron chi connectivity index (χ4n) is 3.79. The monoisotopic (exact) mass is 245 g/mol. The van der Waals surface area contributed by atoms with Crippen LogP contribution in [0.2, 0.25) is 0 Å². The van der Waals surface area contributed by atoms with E-state index in [0.717, 1.165) is 42.6 Å². The predicted octanol–water partition coefficient (Wildman–Crippen LogP) is 1.99. The third-order valence-electron chi connectivity index (χ3n) is 4.76. The molecule has 0 N–H and O–H groups in total. The predicted molar refractivity (Wildman–Crippen MR) is 67.1 cm³/mol. The van der Waals surface area contributed by atoms with Gasteiger partial charge in [-0.3, -0.25) is 0 Å². The van der Waals surface area contributed by atoms with Gasteiger partial charge in [0.15, 0.2) is 5.82 Å². The molecule has 3 unspecified atom stereocenters. The Hall–Kier alpha value is -1.16. The van der Waals surface area contributed by atoms with Gasteiger partial charge in [0.1, 0.15) is 0 Å². The van der Waals surface area contributed by atoms with Crippen molar-refractivity contribution in [3.63, 3.8) is 0 Å². The summed E-state index contributed by atoms with van der Waals surface area (Å²) in [7, 11) is 0. The highest BCUT2D eigenvalue weighted by Gasteiger charge is 2.39. The average Bonchev–Trinajstić information content (AvgIpc) is 2.98. The van der Waals surface area contributed by atoms with E-state index in [1.807, 2.05) is 6.92 Å².